The summed E-state index contributed by atoms with van der Waals surface area (Å²) in [7, 11) is 0. The summed E-state index contributed by atoms with van der Waals surface area (Å²) < 4.78 is 2.05. The lowest BCUT2D eigenvalue weighted by atomic mass is 9.99. The molecule has 4 aromatic rings. The number of imidazole rings is 1. The van der Waals surface area contributed by atoms with Crippen molar-refractivity contribution in [3.05, 3.63) is 93.2 Å². The summed E-state index contributed by atoms with van der Waals surface area (Å²) in [6.07, 6.45) is 6.67. The van der Waals surface area contributed by atoms with Gasteiger partial charge in [-0.2, -0.15) is 0 Å². The third kappa shape index (κ3) is 5.26. The number of carbonyl (C=O) groups is 2. The topological polar surface area (TPSA) is 92.4 Å². The summed E-state index contributed by atoms with van der Waals surface area (Å²) in [5.41, 5.74) is 2.18. The van der Waals surface area contributed by atoms with Crippen LogP contribution in [0.1, 0.15) is 52.1 Å². The Morgan fingerprint density at radius 1 is 1.06 bits per heavy atom. The summed E-state index contributed by atoms with van der Waals surface area (Å²) in [5, 5.41) is 22.8. The minimum atomic E-state index is -0.951. The summed E-state index contributed by atoms with van der Waals surface area (Å²) in [4.78, 5) is 29.3. The van der Waals surface area contributed by atoms with Crippen molar-refractivity contribution in [3.8, 4) is 0 Å². The van der Waals surface area contributed by atoms with Gasteiger partial charge in [-0.3, -0.25) is 0 Å². The van der Waals surface area contributed by atoms with Gasteiger partial charge in [-0.15, -0.1) is 11.3 Å². The molecule has 0 bridgehead atoms. The minimum Gasteiger partial charge on any atom is -0.478 e. The molecule has 7 heteroatoms. The number of unbranched alkanes of at least 4 members (excludes halogenated alkanes) is 1. The number of aliphatic carboxylic acids is 1. The molecule has 0 spiro atoms. The summed E-state index contributed by atoms with van der Waals surface area (Å²) in [6, 6.07) is 14.8. The largest absolute Gasteiger partial charge is 0.478 e. The summed E-state index contributed by atoms with van der Waals surface area (Å²) in [6.45, 7) is 2.64. The van der Waals surface area contributed by atoms with Crippen molar-refractivity contribution < 1.29 is 19.8 Å². The second-order valence-corrected chi connectivity index (χ2v) is 9.20. The molecule has 2 heterocycles. The van der Waals surface area contributed by atoms with Crippen LogP contribution in [0.3, 0.4) is 0 Å². The number of aromatic carboxylic acids is 1. The van der Waals surface area contributed by atoms with Crippen LogP contribution < -0.4 is 0 Å². The van der Waals surface area contributed by atoms with E-state index in [-0.39, 0.29) is 5.56 Å². The lowest BCUT2D eigenvalue weighted by molar-refractivity contribution is -0.132. The molecule has 6 nitrogen and oxygen atoms in total. The number of fused-ring (bicyclic) bond motifs is 1. The van der Waals surface area contributed by atoms with Gasteiger partial charge < -0.3 is 14.8 Å². The molecule has 0 radical (unpaired) electrons. The molecule has 0 saturated heterocycles. The SMILES string of the molecule is CCCCc1nc(C=C(Cc2cccs2)C(=O)O)cn1Cc1ccc(C(=O)O)c2ccccc12. The van der Waals surface area contributed by atoms with Crippen LogP contribution in [0.5, 0.6) is 0 Å². The number of hydrogen-bond acceptors (Lipinski definition) is 4. The predicted molar refractivity (Wildman–Crippen MR) is 134 cm³/mol. The highest BCUT2D eigenvalue weighted by Gasteiger charge is 2.15. The van der Waals surface area contributed by atoms with E-state index in [1.54, 1.807) is 12.1 Å². The first-order valence-corrected chi connectivity index (χ1v) is 12.1. The zero-order chi connectivity index (χ0) is 24.1. The van der Waals surface area contributed by atoms with E-state index in [0.717, 1.165) is 40.9 Å². The Labute approximate surface area is 201 Å². The monoisotopic (exact) mass is 474 g/mol. The first kappa shape index (κ1) is 23.4. The number of carboxylic acid groups (broad SMARTS) is 2. The average molecular weight is 475 g/mol. The number of aromatic nitrogens is 2. The van der Waals surface area contributed by atoms with Crippen LogP contribution in [0.2, 0.25) is 0 Å². The smallest absolute Gasteiger partial charge is 0.336 e. The van der Waals surface area contributed by atoms with E-state index in [0.29, 0.717) is 29.6 Å². The van der Waals surface area contributed by atoms with Crippen LogP contribution in [0.25, 0.3) is 16.8 Å². The maximum Gasteiger partial charge on any atom is 0.336 e. The van der Waals surface area contributed by atoms with Crippen LogP contribution >= 0.6 is 11.3 Å². The second-order valence-electron chi connectivity index (χ2n) is 8.17. The quantitative estimate of drug-likeness (QED) is 0.279. The molecule has 0 unspecified atom stereocenters. The molecule has 2 aromatic heterocycles. The van der Waals surface area contributed by atoms with Crippen LogP contribution in [0.4, 0.5) is 0 Å². The van der Waals surface area contributed by atoms with Gasteiger partial charge in [0.25, 0.3) is 0 Å². The molecule has 174 valence electrons. The Hall–Kier alpha value is -3.71. The second kappa shape index (κ2) is 10.5. The van der Waals surface area contributed by atoms with Gasteiger partial charge >= 0.3 is 11.9 Å². The zero-order valence-corrected chi connectivity index (χ0v) is 19.7. The Morgan fingerprint density at radius 3 is 2.53 bits per heavy atom. The Kier molecular flexibility index (Phi) is 7.23. The fourth-order valence-corrected chi connectivity index (χ4v) is 4.78. The number of carboxylic acids is 2. The zero-order valence-electron chi connectivity index (χ0n) is 18.9. The van der Waals surface area contributed by atoms with E-state index in [4.69, 9.17) is 4.98 Å². The van der Waals surface area contributed by atoms with Crippen molar-refractivity contribution in [1.29, 1.82) is 0 Å². The molecular weight excluding hydrogens is 448 g/mol. The van der Waals surface area contributed by atoms with Crippen molar-refractivity contribution >= 4 is 40.1 Å². The molecule has 0 amide bonds. The molecular formula is C27H26N2O4S. The van der Waals surface area contributed by atoms with Gasteiger partial charge in [0, 0.05) is 36.0 Å². The predicted octanol–water partition coefficient (Wildman–Crippen LogP) is 5.90. The van der Waals surface area contributed by atoms with Gasteiger partial charge in [-0.05, 0) is 46.3 Å². The van der Waals surface area contributed by atoms with Crippen LogP contribution in [0, 0.1) is 0 Å². The molecule has 34 heavy (non-hydrogen) atoms. The fraction of sp³-hybridized carbons (Fsp3) is 0.222. The van der Waals surface area contributed by atoms with Gasteiger partial charge in [0.15, 0.2) is 0 Å². The molecule has 4 rings (SSSR count). The molecule has 0 aliphatic rings. The molecule has 0 saturated carbocycles. The third-order valence-electron chi connectivity index (χ3n) is 5.76. The van der Waals surface area contributed by atoms with Crippen LogP contribution in [-0.4, -0.2) is 31.7 Å². The van der Waals surface area contributed by atoms with E-state index in [1.807, 2.05) is 58.6 Å². The minimum absolute atomic E-state index is 0.277. The van der Waals surface area contributed by atoms with Crippen molar-refractivity contribution in [2.24, 2.45) is 0 Å². The maximum atomic E-state index is 11.9. The first-order valence-electron chi connectivity index (χ1n) is 11.2. The Morgan fingerprint density at radius 2 is 1.85 bits per heavy atom. The lowest BCUT2D eigenvalue weighted by Crippen LogP contribution is -2.06. The van der Waals surface area contributed by atoms with E-state index in [1.165, 1.54) is 11.3 Å². The summed E-state index contributed by atoms with van der Waals surface area (Å²) in [5.74, 6) is -1.01. The van der Waals surface area contributed by atoms with Crippen molar-refractivity contribution in [2.45, 2.75) is 39.2 Å². The molecule has 2 N–H and O–H groups in total. The van der Waals surface area contributed by atoms with E-state index < -0.39 is 11.9 Å². The van der Waals surface area contributed by atoms with Gasteiger partial charge in [-0.1, -0.05) is 49.7 Å². The standard InChI is InChI=1S/C27H26N2O4S/c1-2-3-10-25-28-20(14-19(26(30)31)15-21-7-6-13-34-21)17-29(25)16-18-11-12-24(27(32)33)23-9-5-4-8-22(18)23/h4-9,11-14,17H,2-3,10,15-16H2,1H3,(H,30,31)(H,32,33). The Balaban J connectivity index is 1.72. The molecule has 0 aliphatic carbocycles. The number of rotatable bonds is 10. The van der Waals surface area contributed by atoms with E-state index in [2.05, 4.69) is 6.92 Å². The van der Waals surface area contributed by atoms with Crippen molar-refractivity contribution in [1.82, 2.24) is 9.55 Å². The third-order valence-corrected chi connectivity index (χ3v) is 6.64. The van der Waals surface area contributed by atoms with Crippen molar-refractivity contribution in [2.75, 3.05) is 0 Å². The average Bonchev–Trinajstić information content (AvgIpc) is 3.47. The highest BCUT2D eigenvalue weighted by Crippen LogP contribution is 2.25. The van der Waals surface area contributed by atoms with Crippen molar-refractivity contribution in [3.63, 3.8) is 0 Å². The lowest BCUT2D eigenvalue weighted by Gasteiger charge is -2.12. The molecule has 2 aromatic carbocycles. The van der Waals surface area contributed by atoms with Crippen LogP contribution in [0.15, 0.2) is 65.7 Å². The van der Waals surface area contributed by atoms with Gasteiger partial charge in [0.2, 0.25) is 0 Å². The van der Waals surface area contributed by atoms with Gasteiger partial charge in [0.05, 0.1) is 11.3 Å². The normalized spacial score (nSPS) is 11.7. The van der Waals surface area contributed by atoms with E-state index in [9.17, 15) is 19.8 Å². The highest BCUT2D eigenvalue weighted by molar-refractivity contribution is 7.09. The molecule has 0 fully saturated rings. The van der Waals surface area contributed by atoms with E-state index >= 15 is 0 Å². The van der Waals surface area contributed by atoms with Gasteiger partial charge in [0.1, 0.15) is 5.82 Å². The van der Waals surface area contributed by atoms with Crippen LogP contribution in [-0.2, 0) is 24.2 Å². The number of nitrogens with zero attached hydrogens (tertiary/aromatic N) is 2. The number of thiophene rings is 1. The molecule has 0 aliphatic heterocycles. The number of aryl methyl sites for hydroxylation is 1. The first-order chi connectivity index (χ1) is 16.5. The number of hydrogen-bond donors (Lipinski definition) is 2. The maximum absolute atomic E-state index is 11.9. The van der Waals surface area contributed by atoms with Gasteiger partial charge in [-0.25, -0.2) is 14.6 Å². The summed E-state index contributed by atoms with van der Waals surface area (Å²) >= 11 is 1.53. The number of benzene rings is 2. The Bertz CT molecular complexity index is 1350. The fourth-order valence-electron chi connectivity index (χ4n) is 4.05. The highest BCUT2D eigenvalue weighted by atomic mass is 32.1. The molecule has 0 atom stereocenters.